The third-order valence-electron chi connectivity index (χ3n) is 3.51. The van der Waals surface area contributed by atoms with E-state index in [4.69, 9.17) is 10.4 Å². The summed E-state index contributed by atoms with van der Waals surface area (Å²) in [5.74, 6) is -0.900. The molecule has 112 valence electrons. The number of aromatic carboxylic acids is 1. The standard InChI is InChI=1S/C17H16N2O3/c1-11(2)12-3-5-13(6-4-12)15-8-7-14(17(21)22)16(20)19(15)10-9-18/h3-8,11H,10H2,1-2H3,(H,21,22). The van der Waals surface area contributed by atoms with Crippen molar-refractivity contribution in [3.63, 3.8) is 0 Å². The third-order valence-corrected chi connectivity index (χ3v) is 3.51. The van der Waals surface area contributed by atoms with Crippen molar-refractivity contribution in [1.82, 2.24) is 4.57 Å². The molecule has 1 aromatic heterocycles. The van der Waals surface area contributed by atoms with Gasteiger partial charge in [0.15, 0.2) is 0 Å². The van der Waals surface area contributed by atoms with Gasteiger partial charge in [-0.25, -0.2) is 4.79 Å². The zero-order valence-electron chi connectivity index (χ0n) is 12.4. The number of carboxylic acids is 1. The fourth-order valence-corrected chi connectivity index (χ4v) is 2.26. The summed E-state index contributed by atoms with van der Waals surface area (Å²) in [6.45, 7) is 3.98. The lowest BCUT2D eigenvalue weighted by Gasteiger charge is -2.12. The first-order chi connectivity index (χ1) is 10.5. The normalized spacial score (nSPS) is 10.5. The van der Waals surface area contributed by atoms with E-state index in [1.807, 2.05) is 30.3 Å². The summed E-state index contributed by atoms with van der Waals surface area (Å²) >= 11 is 0. The highest BCUT2D eigenvalue weighted by molar-refractivity contribution is 5.87. The number of aromatic nitrogens is 1. The summed E-state index contributed by atoms with van der Waals surface area (Å²) < 4.78 is 1.19. The minimum atomic E-state index is -1.29. The Morgan fingerprint density at radius 3 is 2.36 bits per heavy atom. The first-order valence-electron chi connectivity index (χ1n) is 6.90. The molecule has 1 aromatic carbocycles. The molecule has 0 amide bonds. The zero-order valence-corrected chi connectivity index (χ0v) is 12.4. The van der Waals surface area contributed by atoms with Crippen molar-refractivity contribution in [3.05, 3.63) is 57.9 Å². The van der Waals surface area contributed by atoms with Crippen LogP contribution < -0.4 is 5.56 Å². The van der Waals surface area contributed by atoms with Crippen LogP contribution in [-0.2, 0) is 6.54 Å². The van der Waals surface area contributed by atoms with E-state index in [-0.39, 0.29) is 12.1 Å². The number of benzene rings is 1. The molecule has 2 rings (SSSR count). The van der Waals surface area contributed by atoms with Gasteiger partial charge >= 0.3 is 5.97 Å². The molecule has 0 unspecified atom stereocenters. The zero-order chi connectivity index (χ0) is 16.3. The molecule has 0 saturated carbocycles. The highest BCUT2D eigenvalue weighted by atomic mass is 16.4. The Morgan fingerprint density at radius 2 is 1.86 bits per heavy atom. The van der Waals surface area contributed by atoms with Crippen LogP contribution in [0.4, 0.5) is 0 Å². The Labute approximate surface area is 128 Å². The van der Waals surface area contributed by atoms with Crippen LogP contribution in [0.5, 0.6) is 0 Å². The molecule has 5 nitrogen and oxygen atoms in total. The minimum absolute atomic E-state index is 0.193. The number of hydrogen-bond acceptors (Lipinski definition) is 3. The van der Waals surface area contributed by atoms with Gasteiger partial charge in [0, 0.05) is 0 Å². The van der Waals surface area contributed by atoms with Gasteiger partial charge in [-0.05, 0) is 29.2 Å². The molecule has 0 aliphatic rings. The van der Waals surface area contributed by atoms with E-state index in [1.165, 1.54) is 16.2 Å². The summed E-state index contributed by atoms with van der Waals surface area (Å²) in [5.41, 5.74) is 1.47. The highest BCUT2D eigenvalue weighted by Gasteiger charge is 2.15. The van der Waals surface area contributed by atoms with E-state index in [1.54, 1.807) is 6.07 Å². The maximum absolute atomic E-state index is 12.2. The van der Waals surface area contributed by atoms with Crippen molar-refractivity contribution >= 4 is 5.97 Å². The lowest BCUT2D eigenvalue weighted by molar-refractivity contribution is 0.0694. The van der Waals surface area contributed by atoms with Crippen molar-refractivity contribution in [3.8, 4) is 17.3 Å². The van der Waals surface area contributed by atoms with E-state index < -0.39 is 11.5 Å². The molecular formula is C17H16N2O3. The van der Waals surface area contributed by atoms with Gasteiger partial charge in [0.25, 0.3) is 5.56 Å². The molecule has 0 radical (unpaired) electrons. The summed E-state index contributed by atoms with van der Waals surface area (Å²) in [4.78, 5) is 23.3. The summed E-state index contributed by atoms with van der Waals surface area (Å²) in [5, 5.41) is 17.9. The lowest BCUT2D eigenvalue weighted by atomic mass is 10.0. The van der Waals surface area contributed by atoms with E-state index in [0.29, 0.717) is 11.6 Å². The quantitative estimate of drug-likeness (QED) is 0.940. The van der Waals surface area contributed by atoms with E-state index in [0.717, 1.165) is 5.56 Å². The van der Waals surface area contributed by atoms with Crippen molar-refractivity contribution in [2.24, 2.45) is 0 Å². The predicted octanol–water partition coefficient (Wildman–Crippen LogP) is 2.86. The number of carbonyl (C=O) groups is 1. The molecular weight excluding hydrogens is 280 g/mol. The SMILES string of the molecule is CC(C)c1ccc(-c2ccc(C(=O)O)c(=O)n2CC#N)cc1. The molecule has 0 aliphatic heterocycles. The van der Waals surface area contributed by atoms with E-state index >= 15 is 0 Å². The fourth-order valence-electron chi connectivity index (χ4n) is 2.26. The van der Waals surface area contributed by atoms with Crippen LogP contribution in [0.2, 0.25) is 0 Å². The van der Waals surface area contributed by atoms with Crippen molar-refractivity contribution < 1.29 is 9.90 Å². The predicted molar refractivity (Wildman–Crippen MR) is 82.8 cm³/mol. The van der Waals surface area contributed by atoms with Crippen LogP contribution in [0, 0.1) is 11.3 Å². The minimum Gasteiger partial charge on any atom is -0.477 e. The molecule has 22 heavy (non-hydrogen) atoms. The fraction of sp³-hybridized carbons (Fsp3) is 0.235. The van der Waals surface area contributed by atoms with Crippen molar-refractivity contribution in [2.45, 2.75) is 26.3 Å². The molecule has 0 aliphatic carbocycles. The maximum atomic E-state index is 12.2. The maximum Gasteiger partial charge on any atom is 0.341 e. The number of carboxylic acid groups (broad SMARTS) is 1. The van der Waals surface area contributed by atoms with Gasteiger partial charge < -0.3 is 5.11 Å². The topological polar surface area (TPSA) is 83.1 Å². The third kappa shape index (κ3) is 2.91. The second-order valence-electron chi connectivity index (χ2n) is 5.26. The second kappa shape index (κ2) is 6.27. The summed E-state index contributed by atoms with van der Waals surface area (Å²) in [6, 6.07) is 12.4. The van der Waals surface area contributed by atoms with Crippen molar-refractivity contribution in [1.29, 1.82) is 5.26 Å². The van der Waals surface area contributed by atoms with Gasteiger partial charge in [0.2, 0.25) is 0 Å². The molecule has 0 spiro atoms. The molecule has 1 N–H and O–H groups in total. The molecule has 5 heteroatoms. The van der Waals surface area contributed by atoms with Gasteiger partial charge in [-0.3, -0.25) is 9.36 Å². The van der Waals surface area contributed by atoms with E-state index in [9.17, 15) is 9.59 Å². The number of nitriles is 1. The molecule has 0 saturated heterocycles. The smallest absolute Gasteiger partial charge is 0.341 e. The number of hydrogen-bond donors (Lipinski definition) is 1. The molecule has 1 heterocycles. The highest BCUT2D eigenvalue weighted by Crippen LogP contribution is 2.22. The summed E-state index contributed by atoms with van der Waals surface area (Å²) in [7, 11) is 0. The second-order valence-corrected chi connectivity index (χ2v) is 5.26. The average molecular weight is 296 g/mol. The van der Waals surface area contributed by atoms with Crippen LogP contribution in [0.25, 0.3) is 11.3 Å². The Bertz CT molecular complexity index is 796. The molecule has 0 fully saturated rings. The van der Waals surface area contributed by atoms with Gasteiger partial charge in [0.1, 0.15) is 12.1 Å². The summed E-state index contributed by atoms with van der Waals surface area (Å²) in [6.07, 6.45) is 0. The van der Waals surface area contributed by atoms with Crippen LogP contribution in [-0.4, -0.2) is 15.6 Å². The average Bonchev–Trinajstić information content (AvgIpc) is 2.49. The number of rotatable bonds is 4. The number of pyridine rings is 1. The Morgan fingerprint density at radius 1 is 1.23 bits per heavy atom. The van der Waals surface area contributed by atoms with Gasteiger partial charge in [-0.1, -0.05) is 38.1 Å². The Hall–Kier alpha value is -2.87. The molecule has 0 atom stereocenters. The van der Waals surface area contributed by atoms with Crippen LogP contribution in [0.15, 0.2) is 41.2 Å². The lowest BCUT2D eigenvalue weighted by Crippen LogP contribution is -2.27. The Kier molecular flexibility index (Phi) is 4.42. The molecule has 0 bridgehead atoms. The Balaban J connectivity index is 2.60. The van der Waals surface area contributed by atoms with Gasteiger partial charge in [-0.15, -0.1) is 0 Å². The van der Waals surface area contributed by atoms with Gasteiger partial charge in [-0.2, -0.15) is 5.26 Å². The monoisotopic (exact) mass is 296 g/mol. The van der Waals surface area contributed by atoms with Crippen LogP contribution in [0.1, 0.15) is 35.7 Å². The number of nitrogens with zero attached hydrogens (tertiary/aromatic N) is 2. The largest absolute Gasteiger partial charge is 0.477 e. The molecule has 2 aromatic rings. The van der Waals surface area contributed by atoms with Crippen molar-refractivity contribution in [2.75, 3.05) is 0 Å². The first kappa shape index (κ1) is 15.5. The van der Waals surface area contributed by atoms with Gasteiger partial charge in [0.05, 0.1) is 11.8 Å². The van der Waals surface area contributed by atoms with Crippen LogP contribution >= 0.6 is 0 Å². The van der Waals surface area contributed by atoms with E-state index in [2.05, 4.69) is 13.8 Å². The first-order valence-corrected chi connectivity index (χ1v) is 6.90. The van der Waals surface area contributed by atoms with Crippen LogP contribution in [0.3, 0.4) is 0 Å².